The van der Waals surface area contributed by atoms with Gasteiger partial charge in [0, 0.05) is 18.6 Å². The number of hydrogen-bond acceptors (Lipinski definition) is 4. The molecule has 0 saturated heterocycles. The first-order valence-corrected chi connectivity index (χ1v) is 6.57. The molecule has 1 aliphatic carbocycles. The van der Waals surface area contributed by atoms with Gasteiger partial charge in [0.25, 0.3) is 0 Å². The maximum absolute atomic E-state index is 5.89. The number of aromatic nitrogens is 1. The number of nitrogens with two attached hydrogens (primary N) is 1. The van der Waals surface area contributed by atoms with E-state index in [0.717, 1.165) is 17.1 Å². The van der Waals surface area contributed by atoms with E-state index in [0.29, 0.717) is 11.4 Å². The lowest BCUT2D eigenvalue weighted by atomic mass is 9.97. The monoisotopic (exact) mass is 238 g/mol. The van der Waals surface area contributed by atoms with Crippen LogP contribution in [0.1, 0.15) is 25.7 Å². The molecule has 1 aromatic rings. The summed E-state index contributed by atoms with van der Waals surface area (Å²) in [7, 11) is 1.80. The molecular formula is C12H18N2OS. The quantitative estimate of drug-likeness (QED) is 0.879. The zero-order valence-electron chi connectivity index (χ0n) is 9.56. The molecule has 3 nitrogen and oxygen atoms in total. The van der Waals surface area contributed by atoms with Gasteiger partial charge in [-0.1, -0.05) is 0 Å². The van der Waals surface area contributed by atoms with Crippen LogP contribution in [0.3, 0.4) is 0 Å². The predicted octanol–water partition coefficient (Wildman–Crippen LogP) is 2.71. The van der Waals surface area contributed by atoms with Crippen LogP contribution in [0.4, 0.5) is 5.69 Å². The van der Waals surface area contributed by atoms with Gasteiger partial charge in [-0.3, -0.25) is 0 Å². The second-order valence-corrected chi connectivity index (χ2v) is 5.45. The van der Waals surface area contributed by atoms with Crippen LogP contribution in [0.2, 0.25) is 0 Å². The Morgan fingerprint density at radius 3 is 3.12 bits per heavy atom. The van der Waals surface area contributed by atoms with Gasteiger partial charge in [-0.15, -0.1) is 11.8 Å². The highest BCUT2D eigenvalue weighted by molar-refractivity contribution is 8.00. The molecule has 1 aliphatic rings. The van der Waals surface area contributed by atoms with E-state index < -0.39 is 0 Å². The summed E-state index contributed by atoms with van der Waals surface area (Å²) >= 11 is 1.79. The molecule has 1 fully saturated rings. The van der Waals surface area contributed by atoms with Gasteiger partial charge in [0.1, 0.15) is 5.03 Å². The number of anilines is 1. The lowest BCUT2D eigenvalue weighted by molar-refractivity contribution is 0.0730. The first-order chi connectivity index (χ1) is 7.79. The molecule has 2 atom stereocenters. The van der Waals surface area contributed by atoms with Gasteiger partial charge in [0.15, 0.2) is 0 Å². The van der Waals surface area contributed by atoms with Gasteiger partial charge in [-0.05, 0) is 37.8 Å². The smallest absolute Gasteiger partial charge is 0.119 e. The van der Waals surface area contributed by atoms with Crippen LogP contribution in [0.25, 0.3) is 0 Å². The summed E-state index contributed by atoms with van der Waals surface area (Å²) in [4.78, 5) is 4.32. The molecule has 16 heavy (non-hydrogen) atoms. The van der Waals surface area contributed by atoms with Crippen molar-refractivity contribution in [3.05, 3.63) is 18.3 Å². The number of methoxy groups -OCH3 is 1. The molecule has 1 aromatic heterocycles. The van der Waals surface area contributed by atoms with Crippen molar-refractivity contribution in [1.82, 2.24) is 4.98 Å². The second kappa shape index (κ2) is 5.55. The molecule has 4 heteroatoms. The molecular weight excluding hydrogens is 220 g/mol. The van der Waals surface area contributed by atoms with Crippen molar-refractivity contribution in [3.63, 3.8) is 0 Å². The van der Waals surface area contributed by atoms with Crippen LogP contribution >= 0.6 is 11.8 Å². The van der Waals surface area contributed by atoms with Crippen molar-refractivity contribution >= 4 is 17.4 Å². The molecule has 0 aromatic carbocycles. The normalized spacial score (nSPS) is 25.6. The summed E-state index contributed by atoms with van der Waals surface area (Å²) in [5.74, 6) is 0. The van der Waals surface area contributed by atoms with Crippen LogP contribution in [0.5, 0.6) is 0 Å². The van der Waals surface area contributed by atoms with Crippen LogP contribution in [-0.2, 0) is 4.74 Å². The number of thioether (sulfide) groups is 1. The van der Waals surface area contributed by atoms with Crippen LogP contribution in [-0.4, -0.2) is 23.4 Å². The fourth-order valence-corrected chi connectivity index (χ4v) is 3.32. The molecule has 2 rings (SSSR count). The lowest BCUT2D eigenvalue weighted by Gasteiger charge is -2.27. The molecule has 2 unspecified atom stereocenters. The molecule has 1 saturated carbocycles. The third-order valence-corrected chi connectivity index (χ3v) is 4.32. The molecule has 0 spiro atoms. The number of nitrogen functional groups attached to an aromatic ring is 1. The molecule has 2 N–H and O–H groups in total. The highest BCUT2D eigenvalue weighted by Gasteiger charge is 2.23. The fraction of sp³-hybridized carbons (Fsp3) is 0.583. The van der Waals surface area contributed by atoms with E-state index in [1.165, 1.54) is 19.3 Å². The average Bonchev–Trinajstić information content (AvgIpc) is 2.32. The fourth-order valence-electron chi connectivity index (χ4n) is 2.08. The van der Waals surface area contributed by atoms with E-state index >= 15 is 0 Å². The zero-order chi connectivity index (χ0) is 11.4. The van der Waals surface area contributed by atoms with Gasteiger partial charge in [0.05, 0.1) is 11.8 Å². The minimum Gasteiger partial charge on any atom is -0.397 e. The van der Waals surface area contributed by atoms with Crippen LogP contribution < -0.4 is 5.73 Å². The van der Waals surface area contributed by atoms with E-state index in [9.17, 15) is 0 Å². The Labute approximate surface area is 101 Å². The average molecular weight is 238 g/mol. The van der Waals surface area contributed by atoms with E-state index in [-0.39, 0.29) is 0 Å². The predicted molar refractivity (Wildman–Crippen MR) is 67.6 cm³/mol. The number of pyridine rings is 1. The Bertz CT molecular complexity index is 346. The van der Waals surface area contributed by atoms with E-state index in [1.807, 2.05) is 12.1 Å². The molecule has 88 valence electrons. The minimum absolute atomic E-state index is 0.413. The summed E-state index contributed by atoms with van der Waals surface area (Å²) in [6.07, 6.45) is 6.98. The maximum atomic E-state index is 5.89. The standard InChI is InChI=1S/C12H18N2OS/c1-15-9-4-2-5-10(8-9)16-12-11(13)6-3-7-14-12/h3,6-7,9-10H,2,4-5,8,13H2,1H3. The Balaban J connectivity index is 1.97. The van der Waals surface area contributed by atoms with Gasteiger partial charge in [0.2, 0.25) is 0 Å². The second-order valence-electron chi connectivity index (χ2n) is 4.16. The zero-order valence-corrected chi connectivity index (χ0v) is 10.4. The SMILES string of the molecule is COC1CCCC(Sc2ncccc2N)C1. The third kappa shape index (κ3) is 2.89. The molecule has 1 heterocycles. The van der Waals surface area contributed by atoms with Gasteiger partial charge >= 0.3 is 0 Å². The Morgan fingerprint density at radius 1 is 1.50 bits per heavy atom. The van der Waals surface area contributed by atoms with Crippen molar-refractivity contribution in [2.24, 2.45) is 0 Å². The minimum atomic E-state index is 0.413. The van der Waals surface area contributed by atoms with Gasteiger partial charge < -0.3 is 10.5 Å². The number of ether oxygens (including phenoxy) is 1. The third-order valence-electron chi connectivity index (χ3n) is 2.99. The van der Waals surface area contributed by atoms with Gasteiger partial charge in [-0.2, -0.15) is 0 Å². The van der Waals surface area contributed by atoms with Crippen molar-refractivity contribution in [2.75, 3.05) is 12.8 Å². The van der Waals surface area contributed by atoms with E-state index in [2.05, 4.69) is 4.98 Å². The largest absolute Gasteiger partial charge is 0.397 e. The summed E-state index contributed by atoms with van der Waals surface area (Å²) < 4.78 is 5.42. The summed E-state index contributed by atoms with van der Waals surface area (Å²) in [5.41, 5.74) is 6.67. The highest BCUT2D eigenvalue weighted by atomic mass is 32.2. The number of hydrogen-bond donors (Lipinski definition) is 1. The first kappa shape index (κ1) is 11.7. The molecule has 0 amide bonds. The van der Waals surface area contributed by atoms with Crippen molar-refractivity contribution < 1.29 is 4.74 Å². The maximum Gasteiger partial charge on any atom is 0.119 e. The summed E-state index contributed by atoms with van der Waals surface area (Å²) in [6, 6.07) is 3.78. The number of rotatable bonds is 3. The van der Waals surface area contributed by atoms with Crippen LogP contribution in [0, 0.1) is 0 Å². The van der Waals surface area contributed by atoms with Crippen molar-refractivity contribution in [2.45, 2.75) is 42.1 Å². The Hall–Kier alpha value is -0.740. The molecule has 0 aliphatic heterocycles. The Morgan fingerprint density at radius 2 is 2.38 bits per heavy atom. The van der Waals surface area contributed by atoms with Crippen molar-refractivity contribution in [3.8, 4) is 0 Å². The summed E-state index contributed by atoms with van der Waals surface area (Å²) in [6.45, 7) is 0. The molecule has 0 bridgehead atoms. The summed E-state index contributed by atoms with van der Waals surface area (Å²) in [5, 5.41) is 1.56. The van der Waals surface area contributed by atoms with E-state index in [4.69, 9.17) is 10.5 Å². The number of nitrogens with zero attached hydrogens (tertiary/aromatic N) is 1. The van der Waals surface area contributed by atoms with E-state index in [1.54, 1.807) is 25.1 Å². The first-order valence-electron chi connectivity index (χ1n) is 5.69. The topological polar surface area (TPSA) is 48.1 Å². The molecule has 0 radical (unpaired) electrons. The lowest BCUT2D eigenvalue weighted by Crippen LogP contribution is -2.23. The van der Waals surface area contributed by atoms with Gasteiger partial charge in [-0.25, -0.2) is 4.98 Å². The highest BCUT2D eigenvalue weighted by Crippen LogP contribution is 2.35. The Kier molecular flexibility index (Phi) is 4.07. The van der Waals surface area contributed by atoms with Crippen molar-refractivity contribution in [1.29, 1.82) is 0 Å². The van der Waals surface area contributed by atoms with Crippen LogP contribution in [0.15, 0.2) is 23.4 Å².